The zero-order valence-electron chi connectivity index (χ0n) is 40.7. The zero-order chi connectivity index (χ0) is 45.5. The van der Waals surface area contributed by atoms with Crippen molar-refractivity contribution in [2.75, 3.05) is 9.80 Å². The van der Waals surface area contributed by atoms with E-state index in [0.717, 1.165) is 22.6 Å². The quantitative estimate of drug-likeness (QED) is 0.155. The molecule has 0 fully saturated rings. The minimum atomic E-state index is -0.739. The summed E-state index contributed by atoms with van der Waals surface area (Å²) in [7, 11) is 0. The van der Waals surface area contributed by atoms with Gasteiger partial charge in [0.05, 0.1) is 11.1 Å². The third-order valence-electron chi connectivity index (χ3n) is 12.8. The van der Waals surface area contributed by atoms with Crippen LogP contribution in [0.15, 0.2) is 127 Å². The number of benzene rings is 5. The minimum Gasteiger partial charge on any atom is -0.509 e. The number of pyridine rings is 1. The minimum absolute atomic E-state index is 0. The van der Waals surface area contributed by atoms with Crippen LogP contribution in [0, 0.1) is 24.2 Å². The Balaban J connectivity index is 0.00000612. The summed E-state index contributed by atoms with van der Waals surface area (Å²) in [6, 6.07) is 47.3. The van der Waals surface area contributed by atoms with Gasteiger partial charge in [-0.15, -0.1) is 48.3 Å². The fourth-order valence-electron chi connectivity index (χ4n) is 8.95. The van der Waals surface area contributed by atoms with E-state index in [2.05, 4.69) is 230 Å². The molecule has 6 aromatic rings. The summed E-state index contributed by atoms with van der Waals surface area (Å²) in [5, 5.41) is 0. The fraction of sp³-hybridized carbons (Fsp3) is 0.356. The summed E-state index contributed by atoms with van der Waals surface area (Å²) < 4.78 is 6.83. The van der Waals surface area contributed by atoms with E-state index in [-0.39, 0.29) is 48.1 Å². The molecule has 5 heteroatoms. The molecular formula is C59H66N3OPt-3. The van der Waals surface area contributed by atoms with Crippen molar-refractivity contribution in [2.24, 2.45) is 5.41 Å². The first kappa shape index (κ1) is 47.1. The van der Waals surface area contributed by atoms with Crippen molar-refractivity contribution in [3.63, 3.8) is 0 Å². The van der Waals surface area contributed by atoms with Gasteiger partial charge in [0.2, 0.25) is 0 Å². The zero-order valence-corrected chi connectivity index (χ0v) is 43.0. The second-order valence-electron chi connectivity index (χ2n) is 22.8. The summed E-state index contributed by atoms with van der Waals surface area (Å²) in [5.41, 5.74) is 14.3. The van der Waals surface area contributed by atoms with Gasteiger partial charge >= 0.3 is 0 Å². The van der Waals surface area contributed by atoms with Gasteiger partial charge in [0.1, 0.15) is 0 Å². The maximum atomic E-state index is 6.83. The van der Waals surface area contributed by atoms with Crippen LogP contribution in [0.5, 0.6) is 11.5 Å². The summed E-state index contributed by atoms with van der Waals surface area (Å²) >= 11 is 0. The monoisotopic (exact) mass is 1030 g/mol. The topological polar surface area (TPSA) is 28.6 Å². The molecule has 1 aliphatic carbocycles. The normalized spacial score (nSPS) is 15.1. The van der Waals surface area contributed by atoms with E-state index in [9.17, 15) is 0 Å². The van der Waals surface area contributed by atoms with Crippen molar-refractivity contribution in [2.45, 2.75) is 131 Å². The second-order valence-corrected chi connectivity index (χ2v) is 22.8. The maximum Gasteiger partial charge on any atom is 0.0664 e. The van der Waals surface area contributed by atoms with Gasteiger partial charge in [-0.25, -0.2) is 0 Å². The molecule has 0 bridgehead atoms. The first-order chi connectivity index (χ1) is 29.3. The number of fused-ring (bicyclic) bond motifs is 3. The van der Waals surface area contributed by atoms with Gasteiger partial charge in [-0.05, 0) is 96.6 Å². The number of anilines is 2. The third-order valence-corrected chi connectivity index (χ3v) is 12.8. The molecule has 2 heterocycles. The van der Waals surface area contributed by atoms with Crippen molar-refractivity contribution in [1.82, 2.24) is 4.98 Å². The van der Waals surface area contributed by atoms with Crippen molar-refractivity contribution < 1.29 is 25.8 Å². The molecule has 5 aromatic carbocycles. The van der Waals surface area contributed by atoms with Crippen LogP contribution in [0.25, 0.3) is 11.1 Å². The number of allylic oxidation sites excluding steroid dienone is 1. The maximum absolute atomic E-state index is 6.83. The van der Waals surface area contributed by atoms with E-state index < -0.39 is 5.41 Å². The summed E-state index contributed by atoms with van der Waals surface area (Å²) in [6.45, 7) is 36.4. The van der Waals surface area contributed by atoms with Gasteiger partial charge in [-0.3, -0.25) is 4.98 Å². The Morgan fingerprint density at radius 1 is 0.531 bits per heavy atom. The van der Waals surface area contributed by atoms with Crippen molar-refractivity contribution in [1.29, 1.82) is 0 Å². The van der Waals surface area contributed by atoms with E-state index >= 15 is 0 Å². The molecule has 0 saturated heterocycles. The number of rotatable bonds is 6. The van der Waals surface area contributed by atoms with Gasteiger partial charge in [-0.2, -0.15) is 18.2 Å². The van der Waals surface area contributed by atoms with Gasteiger partial charge in [0.15, 0.2) is 0 Å². The van der Waals surface area contributed by atoms with E-state index in [1.165, 1.54) is 50.2 Å². The van der Waals surface area contributed by atoms with Crippen LogP contribution in [0.1, 0.15) is 148 Å². The van der Waals surface area contributed by atoms with E-state index in [0.29, 0.717) is 11.5 Å². The number of hydrogen-bond acceptors (Lipinski definition) is 4. The fourth-order valence-corrected chi connectivity index (χ4v) is 8.95. The molecule has 4 nitrogen and oxygen atoms in total. The largest absolute Gasteiger partial charge is 0.509 e. The van der Waals surface area contributed by atoms with E-state index in [4.69, 9.17) is 9.72 Å². The Bertz CT molecular complexity index is 2620. The predicted octanol–water partition coefficient (Wildman–Crippen LogP) is 15.4. The van der Waals surface area contributed by atoms with Gasteiger partial charge in [0.25, 0.3) is 0 Å². The molecule has 0 amide bonds. The molecule has 0 atom stereocenters. The van der Waals surface area contributed by atoms with Crippen LogP contribution < -0.4 is 14.5 Å². The molecule has 8 rings (SSSR count). The van der Waals surface area contributed by atoms with Crippen LogP contribution in [0.4, 0.5) is 11.4 Å². The van der Waals surface area contributed by atoms with Crippen LogP contribution >= 0.6 is 0 Å². The van der Waals surface area contributed by atoms with Gasteiger partial charge < -0.3 is 14.5 Å². The average Bonchev–Trinajstić information content (AvgIpc) is 3.79. The molecule has 64 heavy (non-hydrogen) atoms. The van der Waals surface area contributed by atoms with E-state index in [1.54, 1.807) is 0 Å². The SMILES string of the molecule is CC(C)(C)C1=CN(c2cc(C(C)(C)C)cc(C(C)(C)C)c2)[CH-]N1c1[c-]c(Oc2[c-]c(C3(c4ccccn4)c4cc(C(C)(C)C)ccc4-c4ccc(C(C)(C)C)cc43)ccc2)ccc1.[Pt]. The van der Waals surface area contributed by atoms with Gasteiger partial charge in [0, 0.05) is 55.6 Å². The Hall–Kier alpha value is -4.92. The Morgan fingerprint density at radius 3 is 1.56 bits per heavy atom. The molecule has 0 saturated carbocycles. The van der Waals surface area contributed by atoms with Crippen LogP contribution in [-0.2, 0) is 48.1 Å². The molecule has 0 spiro atoms. The first-order valence-electron chi connectivity index (χ1n) is 22.6. The predicted molar refractivity (Wildman–Crippen MR) is 264 cm³/mol. The third kappa shape index (κ3) is 8.77. The van der Waals surface area contributed by atoms with Gasteiger partial charge in [-0.1, -0.05) is 152 Å². The molecule has 336 valence electrons. The average molecular weight is 1030 g/mol. The molecule has 0 unspecified atom stereocenters. The smallest absolute Gasteiger partial charge is 0.0664 e. The van der Waals surface area contributed by atoms with Crippen LogP contribution in [-0.4, -0.2) is 4.98 Å². The van der Waals surface area contributed by atoms with Crippen molar-refractivity contribution in [3.05, 3.63) is 191 Å². The Morgan fingerprint density at radius 2 is 1.06 bits per heavy atom. The summed E-state index contributed by atoms with van der Waals surface area (Å²) in [6.07, 6.45) is 4.19. The van der Waals surface area contributed by atoms with Crippen molar-refractivity contribution >= 4 is 11.4 Å². The molecule has 1 aromatic heterocycles. The van der Waals surface area contributed by atoms with Crippen LogP contribution in [0.3, 0.4) is 0 Å². The number of ether oxygens (including phenoxy) is 1. The first-order valence-corrected chi connectivity index (χ1v) is 22.6. The number of hydrogen-bond donors (Lipinski definition) is 0. The number of nitrogens with zero attached hydrogens (tertiary/aromatic N) is 3. The molecule has 0 N–H and O–H groups in total. The Labute approximate surface area is 399 Å². The molecule has 1 aliphatic heterocycles. The molecule has 2 aliphatic rings. The van der Waals surface area contributed by atoms with E-state index in [1.807, 2.05) is 24.4 Å². The molecule has 0 radical (unpaired) electrons. The standard InChI is InChI=1S/C59H66N3O.Pt/c1-54(2,3)39-25-27-48-49-28-26-40(55(4,5)6)35-51(49)59(50(48)34-39,52-24-16-17-29-60-52)41-20-18-22-46(33-41)63-47-23-19-21-44(36-47)62-38-61(37-53(62)58(13,14)15)45-31-42(56(7,8)9)30-43(32-45)57(10,11)12;/h16-32,34-35,37-38H,1-15H3;/q-3;. The Kier molecular flexibility index (Phi) is 12.1. The number of aromatic nitrogens is 1. The van der Waals surface area contributed by atoms with Crippen molar-refractivity contribution in [3.8, 4) is 22.6 Å². The second kappa shape index (κ2) is 16.5. The summed E-state index contributed by atoms with van der Waals surface area (Å²) in [5.74, 6) is 1.24. The summed E-state index contributed by atoms with van der Waals surface area (Å²) in [4.78, 5) is 9.69. The van der Waals surface area contributed by atoms with Crippen LogP contribution in [0.2, 0.25) is 0 Å². The molecular weight excluding hydrogens is 962 g/mol.